The van der Waals surface area contributed by atoms with Crippen molar-refractivity contribution in [3.8, 4) is 0 Å². The number of nitrogens with one attached hydrogen (secondary N) is 1. The summed E-state index contributed by atoms with van der Waals surface area (Å²) in [7, 11) is 0. The Morgan fingerprint density at radius 2 is 1.52 bits per heavy atom. The minimum atomic E-state index is -0.0526. The topological polar surface area (TPSA) is 104 Å². The Bertz CT molecular complexity index is 1290. The van der Waals surface area contributed by atoms with E-state index in [0.717, 1.165) is 62.9 Å². The fraction of sp³-hybridized carbons (Fsp3) is 0.438. The Labute approximate surface area is 238 Å². The zero-order valence-corrected chi connectivity index (χ0v) is 23.8. The number of nitrogen functional groups attached to an aromatic ring is 1. The number of aryl methyl sites for hydroxylation is 5. The summed E-state index contributed by atoms with van der Waals surface area (Å²) in [6.45, 7) is 4.16. The molecule has 2 aromatic carbocycles. The van der Waals surface area contributed by atoms with Crippen LogP contribution in [-0.2, 0) is 38.8 Å². The molecule has 0 saturated carbocycles. The van der Waals surface area contributed by atoms with Crippen LogP contribution in [0.4, 0.5) is 5.95 Å². The van der Waals surface area contributed by atoms with Crippen molar-refractivity contribution in [2.45, 2.75) is 84.2 Å². The van der Waals surface area contributed by atoms with Gasteiger partial charge in [0.15, 0.2) is 5.95 Å². The van der Waals surface area contributed by atoms with Crippen LogP contribution in [0, 0.1) is 0 Å². The molecule has 2 aromatic heterocycles. The van der Waals surface area contributed by atoms with Crippen LogP contribution in [0.1, 0.15) is 78.3 Å². The predicted octanol–water partition coefficient (Wildman–Crippen LogP) is 5.42. The minimum absolute atomic E-state index is 0.0526. The van der Waals surface area contributed by atoms with Crippen LogP contribution in [0.25, 0.3) is 0 Å². The fourth-order valence-corrected chi connectivity index (χ4v) is 4.82. The molecule has 0 radical (unpaired) electrons. The minimum Gasteiger partial charge on any atom is -0.369 e. The molecule has 0 spiro atoms. The lowest BCUT2D eigenvalue weighted by Crippen LogP contribution is -2.27. The van der Waals surface area contributed by atoms with E-state index in [-0.39, 0.29) is 5.91 Å². The van der Waals surface area contributed by atoms with Crippen molar-refractivity contribution in [1.29, 1.82) is 0 Å². The van der Waals surface area contributed by atoms with Gasteiger partial charge in [-0.2, -0.15) is 0 Å². The summed E-state index contributed by atoms with van der Waals surface area (Å²) in [6.07, 6.45) is 14.8. The molecule has 8 heteroatoms. The van der Waals surface area contributed by atoms with Gasteiger partial charge in [-0.25, -0.2) is 4.98 Å². The molecule has 0 saturated heterocycles. The molecule has 3 N–H and O–H groups in total. The van der Waals surface area contributed by atoms with Crippen LogP contribution in [0.5, 0.6) is 0 Å². The number of rotatable bonds is 17. The van der Waals surface area contributed by atoms with Gasteiger partial charge in [-0.15, -0.1) is 5.10 Å². The van der Waals surface area contributed by atoms with Gasteiger partial charge in [-0.1, -0.05) is 73.9 Å². The van der Waals surface area contributed by atoms with Gasteiger partial charge >= 0.3 is 0 Å². The van der Waals surface area contributed by atoms with Crippen LogP contribution < -0.4 is 11.1 Å². The van der Waals surface area contributed by atoms with Crippen molar-refractivity contribution in [3.63, 3.8) is 0 Å². The second-order valence-corrected chi connectivity index (χ2v) is 10.5. The van der Waals surface area contributed by atoms with Crippen LogP contribution in [0.3, 0.4) is 0 Å². The fourth-order valence-electron chi connectivity index (χ4n) is 4.82. The molecule has 212 valence electrons. The van der Waals surface area contributed by atoms with Gasteiger partial charge in [0, 0.05) is 31.0 Å². The number of nitrogens with two attached hydrogens (primary N) is 1. The Hall–Kier alpha value is -3.94. The molecule has 8 nitrogen and oxygen atoms in total. The molecule has 1 amide bonds. The van der Waals surface area contributed by atoms with Crippen molar-refractivity contribution in [2.75, 3.05) is 12.3 Å². The lowest BCUT2D eigenvalue weighted by Gasteiger charge is -2.06. The number of aromatic nitrogens is 5. The molecule has 0 atom stereocenters. The van der Waals surface area contributed by atoms with Gasteiger partial charge in [0.2, 0.25) is 0 Å². The highest BCUT2D eigenvalue weighted by Crippen LogP contribution is 2.13. The van der Waals surface area contributed by atoms with Crippen LogP contribution in [-0.4, -0.2) is 37.0 Å². The van der Waals surface area contributed by atoms with Gasteiger partial charge in [-0.3, -0.25) is 9.48 Å². The summed E-state index contributed by atoms with van der Waals surface area (Å²) in [4.78, 5) is 17.0. The molecular weight excluding hydrogens is 498 g/mol. The van der Waals surface area contributed by atoms with Crippen molar-refractivity contribution in [2.24, 2.45) is 0 Å². The third kappa shape index (κ3) is 9.36. The van der Waals surface area contributed by atoms with Crippen molar-refractivity contribution >= 4 is 11.9 Å². The number of anilines is 1. The van der Waals surface area contributed by atoms with Crippen LogP contribution in [0.15, 0.2) is 67.0 Å². The van der Waals surface area contributed by atoms with E-state index in [1.165, 1.54) is 30.4 Å². The number of nitrogens with zero attached hydrogens (tertiary/aromatic N) is 5. The molecule has 40 heavy (non-hydrogen) atoms. The van der Waals surface area contributed by atoms with Gasteiger partial charge in [-0.05, 0) is 68.2 Å². The first-order valence-electron chi connectivity index (χ1n) is 14.7. The average Bonchev–Trinajstić information content (AvgIpc) is 3.58. The molecule has 4 aromatic rings. The molecule has 0 unspecified atom stereocenters. The van der Waals surface area contributed by atoms with E-state index < -0.39 is 0 Å². The maximum Gasteiger partial charge on any atom is 0.251 e. The van der Waals surface area contributed by atoms with E-state index >= 15 is 0 Å². The molecular formula is C32H43N7O. The van der Waals surface area contributed by atoms with E-state index in [2.05, 4.69) is 70.1 Å². The summed E-state index contributed by atoms with van der Waals surface area (Å²) in [5.74, 6) is 0.540. The van der Waals surface area contributed by atoms with E-state index in [9.17, 15) is 4.79 Å². The largest absolute Gasteiger partial charge is 0.369 e. The van der Waals surface area contributed by atoms with Crippen LogP contribution >= 0.6 is 0 Å². The molecule has 2 heterocycles. The Morgan fingerprint density at radius 3 is 2.30 bits per heavy atom. The summed E-state index contributed by atoms with van der Waals surface area (Å²) in [5, 5.41) is 11.5. The number of hydrogen-bond donors (Lipinski definition) is 2. The van der Waals surface area contributed by atoms with E-state index in [1.807, 2.05) is 29.0 Å². The zero-order chi connectivity index (χ0) is 28.0. The zero-order valence-electron chi connectivity index (χ0n) is 23.8. The first-order valence-corrected chi connectivity index (χ1v) is 14.7. The summed E-state index contributed by atoms with van der Waals surface area (Å²) < 4.78 is 3.85. The second kappa shape index (κ2) is 15.6. The van der Waals surface area contributed by atoms with Gasteiger partial charge in [0.25, 0.3) is 5.91 Å². The molecule has 4 rings (SSSR count). The molecule has 0 fully saturated rings. The van der Waals surface area contributed by atoms with Crippen molar-refractivity contribution in [3.05, 3.63) is 95.1 Å². The highest BCUT2D eigenvalue weighted by atomic mass is 16.1. The Kier molecular flexibility index (Phi) is 11.3. The standard InChI is InChI=1S/C32H43N7O/c1-2-3-6-11-27-16-18-28(19-17-27)31(40)34-21-23-39-25-30(36-37-39)15-10-5-9-14-29-24-38(32(33)35-29)22-20-26-12-7-4-8-13-26/h4,7-8,12-13,16-19,24-25H,2-3,5-6,9-11,14-15,20-23H2,1H3,(H2,33,35)(H,34,40). The number of carbonyl (C=O) groups excluding carboxylic acids is 1. The summed E-state index contributed by atoms with van der Waals surface area (Å²) >= 11 is 0. The summed E-state index contributed by atoms with van der Waals surface area (Å²) in [5.41, 5.74) is 11.5. The highest BCUT2D eigenvalue weighted by Gasteiger charge is 2.08. The number of unbranched alkanes of at least 4 members (excludes halogenated alkanes) is 4. The van der Waals surface area contributed by atoms with E-state index in [0.29, 0.717) is 24.6 Å². The molecule has 0 aliphatic heterocycles. The third-order valence-electron chi connectivity index (χ3n) is 7.21. The monoisotopic (exact) mass is 541 g/mol. The Balaban J connectivity index is 1.09. The number of benzene rings is 2. The van der Waals surface area contributed by atoms with Gasteiger partial charge < -0.3 is 15.6 Å². The number of carbonyl (C=O) groups is 1. The third-order valence-corrected chi connectivity index (χ3v) is 7.21. The van der Waals surface area contributed by atoms with E-state index in [4.69, 9.17) is 5.73 Å². The predicted molar refractivity (Wildman–Crippen MR) is 160 cm³/mol. The van der Waals surface area contributed by atoms with Gasteiger partial charge in [0.1, 0.15) is 0 Å². The average molecular weight is 542 g/mol. The van der Waals surface area contributed by atoms with Crippen molar-refractivity contribution < 1.29 is 4.79 Å². The number of hydrogen-bond acceptors (Lipinski definition) is 5. The Morgan fingerprint density at radius 1 is 0.800 bits per heavy atom. The number of imidazole rings is 1. The molecule has 0 aliphatic rings. The first kappa shape index (κ1) is 29.1. The summed E-state index contributed by atoms with van der Waals surface area (Å²) in [6, 6.07) is 18.4. The first-order chi connectivity index (χ1) is 19.6. The number of amides is 1. The lowest BCUT2D eigenvalue weighted by molar-refractivity contribution is 0.0952. The second-order valence-electron chi connectivity index (χ2n) is 10.5. The quantitative estimate of drug-likeness (QED) is 0.174. The normalized spacial score (nSPS) is 11.1. The molecule has 0 bridgehead atoms. The maximum atomic E-state index is 12.5. The smallest absolute Gasteiger partial charge is 0.251 e. The highest BCUT2D eigenvalue weighted by molar-refractivity contribution is 5.94. The van der Waals surface area contributed by atoms with Crippen molar-refractivity contribution in [1.82, 2.24) is 29.9 Å². The molecule has 0 aliphatic carbocycles. The maximum absolute atomic E-state index is 12.5. The van der Waals surface area contributed by atoms with E-state index in [1.54, 1.807) is 4.68 Å². The lowest BCUT2D eigenvalue weighted by atomic mass is 10.1. The van der Waals surface area contributed by atoms with Gasteiger partial charge in [0.05, 0.1) is 17.9 Å². The SMILES string of the molecule is CCCCCc1ccc(C(=O)NCCn2cc(CCCCCc3cn(CCc4ccccc4)c(N)n3)nn2)cc1. The van der Waals surface area contributed by atoms with Crippen LogP contribution in [0.2, 0.25) is 0 Å².